The highest BCUT2D eigenvalue weighted by atomic mass is 127. The quantitative estimate of drug-likeness (QED) is 0.774. The maximum absolute atomic E-state index is 5.18. The van der Waals surface area contributed by atoms with E-state index in [1.807, 2.05) is 12.1 Å². The van der Waals surface area contributed by atoms with Crippen LogP contribution in [0.4, 0.5) is 0 Å². The van der Waals surface area contributed by atoms with Gasteiger partial charge in [-0.25, -0.2) is 0 Å². The van der Waals surface area contributed by atoms with Crippen molar-refractivity contribution in [3.8, 4) is 5.75 Å². The summed E-state index contributed by atoms with van der Waals surface area (Å²) in [4.78, 5) is 0. The fourth-order valence-corrected chi connectivity index (χ4v) is 2.18. The SMILES string of the molecule is COCc1cc(I)c(OC)cc1Br. The van der Waals surface area contributed by atoms with Crippen molar-refractivity contribution in [2.24, 2.45) is 0 Å². The van der Waals surface area contributed by atoms with Gasteiger partial charge < -0.3 is 9.47 Å². The van der Waals surface area contributed by atoms with Crippen molar-refractivity contribution in [2.45, 2.75) is 6.61 Å². The fourth-order valence-electron chi connectivity index (χ4n) is 0.992. The lowest BCUT2D eigenvalue weighted by Crippen LogP contribution is -1.93. The van der Waals surface area contributed by atoms with E-state index in [9.17, 15) is 0 Å². The van der Waals surface area contributed by atoms with Crippen LogP contribution in [0.2, 0.25) is 0 Å². The van der Waals surface area contributed by atoms with Crippen LogP contribution in [0.1, 0.15) is 5.56 Å². The molecule has 0 unspecified atom stereocenters. The molecule has 0 aliphatic rings. The molecule has 1 aromatic rings. The lowest BCUT2D eigenvalue weighted by atomic mass is 10.2. The molecule has 0 atom stereocenters. The molecule has 1 aromatic carbocycles. The molecule has 0 aromatic heterocycles. The maximum Gasteiger partial charge on any atom is 0.133 e. The van der Waals surface area contributed by atoms with Gasteiger partial charge in [-0.1, -0.05) is 15.9 Å². The molecule has 0 N–H and O–H groups in total. The summed E-state index contributed by atoms with van der Waals surface area (Å²) >= 11 is 5.70. The normalized spacial score (nSPS) is 10.2. The van der Waals surface area contributed by atoms with Gasteiger partial charge in [0, 0.05) is 11.6 Å². The van der Waals surface area contributed by atoms with Crippen molar-refractivity contribution in [2.75, 3.05) is 14.2 Å². The molecule has 72 valence electrons. The average Bonchev–Trinajstić information content (AvgIpc) is 2.11. The first-order valence-corrected chi connectivity index (χ1v) is 5.57. The second-order valence-corrected chi connectivity index (χ2v) is 4.53. The van der Waals surface area contributed by atoms with Crippen molar-refractivity contribution in [1.29, 1.82) is 0 Å². The Morgan fingerprint density at radius 2 is 2.08 bits per heavy atom. The third-order valence-corrected chi connectivity index (χ3v) is 3.20. The van der Waals surface area contributed by atoms with E-state index in [0.717, 1.165) is 19.4 Å². The molecular weight excluding hydrogens is 347 g/mol. The monoisotopic (exact) mass is 356 g/mol. The van der Waals surface area contributed by atoms with Crippen LogP contribution in [0.15, 0.2) is 16.6 Å². The molecule has 1 rings (SSSR count). The highest BCUT2D eigenvalue weighted by Gasteiger charge is 2.06. The van der Waals surface area contributed by atoms with Gasteiger partial charge in [0.1, 0.15) is 5.75 Å². The van der Waals surface area contributed by atoms with Gasteiger partial charge in [-0.3, -0.25) is 0 Å². The number of ether oxygens (including phenoxy) is 2. The summed E-state index contributed by atoms with van der Waals surface area (Å²) in [6, 6.07) is 4.00. The fraction of sp³-hybridized carbons (Fsp3) is 0.333. The Morgan fingerprint density at radius 3 is 2.62 bits per heavy atom. The Kier molecular flexibility index (Phi) is 4.48. The number of hydrogen-bond acceptors (Lipinski definition) is 2. The highest BCUT2D eigenvalue weighted by Crippen LogP contribution is 2.28. The second kappa shape index (κ2) is 5.17. The first kappa shape index (κ1) is 11.3. The molecule has 0 aliphatic heterocycles. The first-order valence-electron chi connectivity index (χ1n) is 3.70. The Labute approximate surface area is 99.9 Å². The summed E-state index contributed by atoms with van der Waals surface area (Å²) in [6.45, 7) is 0.612. The predicted octanol–water partition coefficient (Wildman–Crippen LogP) is 3.21. The number of hydrogen-bond donors (Lipinski definition) is 0. The van der Waals surface area contributed by atoms with E-state index in [-0.39, 0.29) is 0 Å². The Hall–Kier alpha value is 0.190. The van der Waals surface area contributed by atoms with Gasteiger partial charge in [-0.2, -0.15) is 0 Å². The zero-order valence-corrected chi connectivity index (χ0v) is 11.2. The van der Waals surface area contributed by atoms with Crippen molar-refractivity contribution in [3.05, 3.63) is 25.7 Å². The zero-order chi connectivity index (χ0) is 9.84. The van der Waals surface area contributed by atoms with E-state index < -0.39 is 0 Å². The lowest BCUT2D eigenvalue weighted by Gasteiger charge is -2.08. The van der Waals surface area contributed by atoms with E-state index in [4.69, 9.17) is 9.47 Å². The summed E-state index contributed by atoms with van der Waals surface area (Å²) < 4.78 is 12.4. The third-order valence-electron chi connectivity index (χ3n) is 1.62. The Bertz CT molecular complexity index is 302. The summed E-state index contributed by atoms with van der Waals surface area (Å²) in [5, 5.41) is 0. The maximum atomic E-state index is 5.18. The topological polar surface area (TPSA) is 18.5 Å². The first-order chi connectivity index (χ1) is 6.19. The molecule has 0 bridgehead atoms. The standard InChI is InChI=1S/C9H10BrIO2/c1-12-5-6-3-8(11)9(13-2)4-7(6)10/h3-4H,5H2,1-2H3. The van der Waals surface area contributed by atoms with E-state index >= 15 is 0 Å². The number of rotatable bonds is 3. The van der Waals surface area contributed by atoms with Crippen LogP contribution in [0, 0.1) is 3.57 Å². The van der Waals surface area contributed by atoms with Gasteiger partial charge >= 0.3 is 0 Å². The van der Waals surface area contributed by atoms with Crippen molar-refractivity contribution in [3.63, 3.8) is 0 Å². The minimum atomic E-state index is 0.612. The summed E-state index contributed by atoms with van der Waals surface area (Å²) in [6.07, 6.45) is 0. The minimum Gasteiger partial charge on any atom is -0.496 e. The molecule has 0 aliphatic carbocycles. The number of halogens is 2. The molecular formula is C9H10BrIO2. The third kappa shape index (κ3) is 2.82. The predicted molar refractivity (Wildman–Crippen MR) is 64.1 cm³/mol. The van der Waals surface area contributed by atoms with Crippen LogP contribution in [-0.4, -0.2) is 14.2 Å². The van der Waals surface area contributed by atoms with Crippen molar-refractivity contribution in [1.82, 2.24) is 0 Å². The molecule has 0 heterocycles. The Balaban J connectivity index is 3.05. The molecule has 0 amide bonds. The molecule has 0 fully saturated rings. The van der Waals surface area contributed by atoms with Gasteiger partial charge in [0.25, 0.3) is 0 Å². The molecule has 0 radical (unpaired) electrons. The number of methoxy groups -OCH3 is 2. The molecule has 0 saturated carbocycles. The van der Waals surface area contributed by atoms with Crippen LogP contribution < -0.4 is 4.74 Å². The van der Waals surface area contributed by atoms with E-state index in [1.54, 1.807) is 14.2 Å². The summed E-state index contributed by atoms with van der Waals surface area (Å²) in [5.74, 6) is 0.882. The molecule has 0 saturated heterocycles. The van der Waals surface area contributed by atoms with Crippen LogP contribution in [0.5, 0.6) is 5.75 Å². The lowest BCUT2D eigenvalue weighted by molar-refractivity contribution is 0.184. The van der Waals surface area contributed by atoms with Gasteiger partial charge in [0.15, 0.2) is 0 Å². The van der Waals surface area contributed by atoms with E-state index in [1.165, 1.54) is 0 Å². The van der Waals surface area contributed by atoms with Crippen LogP contribution in [-0.2, 0) is 11.3 Å². The largest absolute Gasteiger partial charge is 0.496 e. The smallest absolute Gasteiger partial charge is 0.133 e. The van der Waals surface area contributed by atoms with Crippen molar-refractivity contribution < 1.29 is 9.47 Å². The van der Waals surface area contributed by atoms with E-state index in [0.29, 0.717) is 6.61 Å². The summed E-state index contributed by atoms with van der Waals surface area (Å²) in [7, 11) is 3.35. The van der Waals surface area contributed by atoms with Gasteiger partial charge in [0.2, 0.25) is 0 Å². The molecule has 0 spiro atoms. The van der Waals surface area contributed by atoms with Crippen LogP contribution in [0.3, 0.4) is 0 Å². The minimum absolute atomic E-state index is 0.612. The van der Waals surface area contributed by atoms with Crippen LogP contribution in [0.25, 0.3) is 0 Å². The summed E-state index contributed by atoms with van der Waals surface area (Å²) in [5.41, 5.74) is 1.13. The molecule has 13 heavy (non-hydrogen) atoms. The van der Waals surface area contributed by atoms with Gasteiger partial charge in [0.05, 0.1) is 17.3 Å². The van der Waals surface area contributed by atoms with Gasteiger partial charge in [-0.15, -0.1) is 0 Å². The van der Waals surface area contributed by atoms with Crippen LogP contribution >= 0.6 is 38.5 Å². The van der Waals surface area contributed by atoms with Gasteiger partial charge in [-0.05, 0) is 40.3 Å². The molecule has 4 heteroatoms. The zero-order valence-electron chi connectivity index (χ0n) is 7.43. The number of benzene rings is 1. The average molecular weight is 357 g/mol. The molecule has 2 nitrogen and oxygen atoms in total. The van der Waals surface area contributed by atoms with Crippen molar-refractivity contribution >= 4 is 38.5 Å². The highest BCUT2D eigenvalue weighted by molar-refractivity contribution is 14.1. The van der Waals surface area contributed by atoms with E-state index in [2.05, 4.69) is 38.5 Å². The Morgan fingerprint density at radius 1 is 1.38 bits per heavy atom. The second-order valence-electron chi connectivity index (χ2n) is 2.51.